The molecule has 5 heteroatoms. The van der Waals surface area contributed by atoms with Crippen molar-refractivity contribution < 1.29 is 23.5 Å². The number of allylic oxidation sites excluding steroid dienone is 2. The van der Waals surface area contributed by atoms with Crippen LogP contribution < -0.4 is 0 Å². The number of ether oxygens (including phenoxy) is 2. The molecule has 16 heavy (non-hydrogen) atoms. The number of carbonyl (C=O) groups excluding carboxylic acids is 2. The van der Waals surface area contributed by atoms with Crippen LogP contribution in [0.2, 0.25) is 0 Å². The van der Waals surface area contributed by atoms with Crippen LogP contribution in [-0.4, -0.2) is 32.3 Å². The number of halogens is 1. The van der Waals surface area contributed by atoms with E-state index >= 15 is 0 Å². The summed E-state index contributed by atoms with van der Waals surface area (Å²) >= 11 is 0. The minimum absolute atomic E-state index is 0.311. The Hall–Kier alpha value is -1.39. The van der Waals surface area contributed by atoms with Crippen LogP contribution in [0.4, 0.5) is 4.39 Å². The molecule has 0 saturated heterocycles. The summed E-state index contributed by atoms with van der Waals surface area (Å²) in [5, 5.41) is 0. The molecule has 2 atom stereocenters. The van der Waals surface area contributed by atoms with Crippen molar-refractivity contribution in [2.45, 2.75) is 19.0 Å². The molecule has 0 aromatic carbocycles. The van der Waals surface area contributed by atoms with Crippen LogP contribution >= 0.6 is 0 Å². The number of hydrogen-bond donors (Lipinski definition) is 0. The molecule has 0 aliphatic heterocycles. The molecule has 0 aromatic rings. The predicted molar refractivity (Wildman–Crippen MR) is 54.3 cm³/mol. The molecule has 1 rings (SSSR count). The second kappa shape index (κ2) is 5.63. The van der Waals surface area contributed by atoms with Gasteiger partial charge in [0, 0.05) is 5.92 Å². The fourth-order valence-corrected chi connectivity index (χ4v) is 1.78. The standard InChI is InChI=1S/C11H15FO4/c1-15-10(13)9(11(14)16-2)7-3-5-8(12)6-4-7/h3,5,7-9H,4,6H2,1-2H3/t7-,8-/m0/s1. The molecule has 0 aromatic heterocycles. The summed E-state index contributed by atoms with van der Waals surface area (Å²) in [6, 6.07) is 0. The van der Waals surface area contributed by atoms with Gasteiger partial charge in [-0.1, -0.05) is 12.2 Å². The molecular weight excluding hydrogens is 215 g/mol. The molecule has 0 saturated carbocycles. The minimum Gasteiger partial charge on any atom is -0.468 e. The molecule has 4 nitrogen and oxygen atoms in total. The second-order valence-corrected chi connectivity index (χ2v) is 3.67. The number of esters is 2. The Morgan fingerprint density at radius 2 is 1.75 bits per heavy atom. The molecular formula is C11H15FO4. The lowest BCUT2D eigenvalue weighted by Gasteiger charge is -2.23. The van der Waals surface area contributed by atoms with Crippen LogP contribution in [0.5, 0.6) is 0 Å². The summed E-state index contributed by atoms with van der Waals surface area (Å²) in [5.74, 6) is -2.61. The van der Waals surface area contributed by atoms with E-state index in [0.29, 0.717) is 12.8 Å². The van der Waals surface area contributed by atoms with Gasteiger partial charge < -0.3 is 9.47 Å². The van der Waals surface area contributed by atoms with Crippen LogP contribution in [0.3, 0.4) is 0 Å². The highest BCUT2D eigenvalue weighted by Crippen LogP contribution is 2.28. The maximum atomic E-state index is 12.9. The maximum Gasteiger partial charge on any atom is 0.320 e. The lowest BCUT2D eigenvalue weighted by Crippen LogP contribution is -2.34. The SMILES string of the molecule is COC(=O)C(C(=O)OC)[C@H]1C=C[C@H](F)CC1. The van der Waals surface area contributed by atoms with Gasteiger partial charge in [-0.15, -0.1) is 0 Å². The van der Waals surface area contributed by atoms with E-state index in [2.05, 4.69) is 9.47 Å². The highest BCUT2D eigenvalue weighted by molar-refractivity contribution is 5.95. The molecule has 90 valence electrons. The van der Waals surface area contributed by atoms with E-state index in [4.69, 9.17) is 0 Å². The molecule has 0 amide bonds. The lowest BCUT2D eigenvalue weighted by molar-refractivity contribution is -0.160. The van der Waals surface area contributed by atoms with Gasteiger partial charge in [0.25, 0.3) is 0 Å². The van der Waals surface area contributed by atoms with Crippen molar-refractivity contribution >= 4 is 11.9 Å². The van der Waals surface area contributed by atoms with E-state index in [0.717, 1.165) is 0 Å². The van der Waals surface area contributed by atoms with Gasteiger partial charge in [0.15, 0.2) is 5.92 Å². The minimum atomic E-state index is -0.993. The Kier molecular flexibility index (Phi) is 4.46. The van der Waals surface area contributed by atoms with Crippen molar-refractivity contribution in [3.63, 3.8) is 0 Å². The highest BCUT2D eigenvalue weighted by atomic mass is 19.1. The van der Waals surface area contributed by atoms with Crippen LogP contribution in [0.15, 0.2) is 12.2 Å². The van der Waals surface area contributed by atoms with Gasteiger partial charge in [0.05, 0.1) is 14.2 Å². The van der Waals surface area contributed by atoms with Gasteiger partial charge in [-0.25, -0.2) is 4.39 Å². The van der Waals surface area contributed by atoms with Crippen LogP contribution in [-0.2, 0) is 19.1 Å². The molecule has 1 aliphatic carbocycles. The smallest absolute Gasteiger partial charge is 0.320 e. The molecule has 0 fully saturated rings. The summed E-state index contributed by atoms with van der Waals surface area (Å²) in [7, 11) is 2.42. The first kappa shape index (κ1) is 12.7. The largest absolute Gasteiger partial charge is 0.468 e. The maximum absolute atomic E-state index is 12.9. The van der Waals surface area contributed by atoms with Crippen molar-refractivity contribution in [2.75, 3.05) is 14.2 Å². The fourth-order valence-electron chi connectivity index (χ4n) is 1.78. The van der Waals surface area contributed by atoms with E-state index in [1.165, 1.54) is 20.3 Å². The molecule has 1 aliphatic rings. The zero-order chi connectivity index (χ0) is 12.1. The molecule has 0 unspecified atom stereocenters. The van der Waals surface area contributed by atoms with Gasteiger partial charge in [0.2, 0.25) is 0 Å². The third-order valence-corrected chi connectivity index (χ3v) is 2.68. The first-order chi connectivity index (χ1) is 7.60. The summed E-state index contributed by atoms with van der Waals surface area (Å²) in [6.45, 7) is 0. The Bertz CT molecular complexity index is 284. The second-order valence-electron chi connectivity index (χ2n) is 3.67. The molecule has 0 bridgehead atoms. The van der Waals surface area contributed by atoms with E-state index in [-0.39, 0.29) is 5.92 Å². The molecule has 0 spiro atoms. The Morgan fingerprint density at radius 3 is 2.12 bits per heavy atom. The monoisotopic (exact) mass is 230 g/mol. The summed E-state index contributed by atoms with van der Waals surface area (Å²) in [6.07, 6.45) is 2.67. The van der Waals surface area contributed by atoms with Gasteiger partial charge in [0.1, 0.15) is 6.17 Å². The average Bonchev–Trinajstić information content (AvgIpc) is 2.31. The van der Waals surface area contributed by atoms with Crippen molar-refractivity contribution in [2.24, 2.45) is 11.8 Å². The Labute approximate surface area is 93.4 Å². The molecule has 0 radical (unpaired) electrons. The van der Waals surface area contributed by atoms with E-state index in [1.54, 1.807) is 6.08 Å². The van der Waals surface area contributed by atoms with Crippen molar-refractivity contribution in [1.82, 2.24) is 0 Å². The quantitative estimate of drug-likeness (QED) is 0.416. The highest BCUT2D eigenvalue weighted by Gasteiger charge is 2.36. The third kappa shape index (κ3) is 2.81. The van der Waals surface area contributed by atoms with E-state index in [9.17, 15) is 14.0 Å². The van der Waals surface area contributed by atoms with E-state index < -0.39 is 24.0 Å². The van der Waals surface area contributed by atoms with Crippen LogP contribution in [0.1, 0.15) is 12.8 Å². The third-order valence-electron chi connectivity index (χ3n) is 2.68. The van der Waals surface area contributed by atoms with Gasteiger partial charge in [-0.3, -0.25) is 9.59 Å². The van der Waals surface area contributed by atoms with Crippen LogP contribution in [0.25, 0.3) is 0 Å². The number of alkyl halides is 1. The summed E-state index contributed by atoms with van der Waals surface area (Å²) in [5.41, 5.74) is 0. The predicted octanol–water partition coefficient (Wildman–Crippen LogP) is 1.25. The van der Waals surface area contributed by atoms with Gasteiger partial charge in [-0.05, 0) is 12.8 Å². The average molecular weight is 230 g/mol. The first-order valence-corrected chi connectivity index (χ1v) is 5.08. The fraction of sp³-hybridized carbons (Fsp3) is 0.636. The van der Waals surface area contributed by atoms with Crippen molar-refractivity contribution in [1.29, 1.82) is 0 Å². The zero-order valence-corrected chi connectivity index (χ0v) is 9.31. The topological polar surface area (TPSA) is 52.6 Å². The number of rotatable bonds is 3. The van der Waals surface area contributed by atoms with Crippen LogP contribution in [0, 0.1) is 11.8 Å². The van der Waals surface area contributed by atoms with E-state index in [1.807, 2.05) is 0 Å². The first-order valence-electron chi connectivity index (χ1n) is 5.08. The Balaban J connectivity index is 2.81. The summed E-state index contributed by atoms with van der Waals surface area (Å²) in [4.78, 5) is 22.9. The van der Waals surface area contributed by atoms with Crippen molar-refractivity contribution in [3.05, 3.63) is 12.2 Å². The number of carbonyl (C=O) groups is 2. The van der Waals surface area contributed by atoms with Gasteiger partial charge >= 0.3 is 11.9 Å². The zero-order valence-electron chi connectivity index (χ0n) is 9.31. The summed E-state index contributed by atoms with van der Waals surface area (Å²) < 4.78 is 22.0. The number of methoxy groups -OCH3 is 2. The molecule has 0 heterocycles. The van der Waals surface area contributed by atoms with Gasteiger partial charge in [-0.2, -0.15) is 0 Å². The normalized spacial score (nSPS) is 24.2. The lowest BCUT2D eigenvalue weighted by atomic mass is 9.84. The Morgan fingerprint density at radius 1 is 1.19 bits per heavy atom. The molecule has 0 N–H and O–H groups in total. The van der Waals surface area contributed by atoms with Crippen molar-refractivity contribution in [3.8, 4) is 0 Å². The number of hydrogen-bond acceptors (Lipinski definition) is 4.